The second-order valence-corrected chi connectivity index (χ2v) is 5.02. The molecule has 1 aliphatic heterocycles. The number of rotatable bonds is 3. The van der Waals surface area contributed by atoms with Gasteiger partial charge < -0.3 is 15.0 Å². The van der Waals surface area contributed by atoms with Crippen LogP contribution in [0.15, 0.2) is 36.7 Å². The molecule has 0 spiro atoms. The van der Waals surface area contributed by atoms with Gasteiger partial charge in [0, 0.05) is 31.3 Å². The summed E-state index contributed by atoms with van der Waals surface area (Å²) in [7, 11) is 1.80. The number of ether oxygens (including phenoxy) is 1. The molecule has 0 unspecified atom stereocenters. The standard InChI is InChI=1S/C16H18N4O2/c1-17-15-11-18-10-14(19-15)12-2-4-13(5-3-12)16(21)20-6-8-22-9-7-20/h2-5,10-11H,6-9H2,1H3,(H,17,19). The van der Waals surface area contributed by atoms with E-state index in [0.717, 1.165) is 11.3 Å². The van der Waals surface area contributed by atoms with Crippen molar-refractivity contribution >= 4 is 11.7 Å². The molecule has 1 aliphatic rings. The van der Waals surface area contributed by atoms with Crippen LogP contribution in [0.4, 0.5) is 5.82 Å². The maximum Gasteiger partial charge on any atom is 0.254 e. The molecule has 1 amide bonds. The van der Waals surface area contributed by atoms with Gasteiger partial charge in [-0.05, 0) is 12.1 Å². The summed E-state index contributed by atoms with van der Waals surface area (Å²) in [5, 5.41) is 2.96. The Bertz CT molecular complexity index is 651. The predicted octanol–water partition coefficient (Wildman–Crippen LogP) is 1.66. The van der Waals surface area contributed by atoms with Crippen LogP contribution in [0.3, 0.4) is 0 Å². The zero-order valence-corrected chi connectivity index (χ0v) is 12.5. The van der Waals surface area contributed by atoms with Crippen LogP contribution in [-0.4, -0.2) is 54.1 Å². The Morgan fingerprint density at radius 2 is 1.91 bits per heavy atom. The van der Waals surface area contributed by atoms with Crippen LogP contribution in [0.2, 0.25) is 0 Å². The van der Waals surface area contributed by atoms with Gasteiger partial charge in [0.05, 0.1) is 31.3 Å². The Morgan fingerprint density at radius 3 is 2.59 bits per heavy atom. The fourth-order valence-electron chi connectivity index (χ4n) is 2.36. The normalized spacial score (nSPS) is 14.7. The average molecular weight is 298 g/mol. The minimum absolute atomic E-state index is 0.0462. The first kappa shape index (κ1) is 14.5. The van der Waals surface area contributed by atoms with Gasteiger partial charge in [-0.25, -0.2) is 4.98 Å². The number of carbonyl (C=O) groups is 1. The van der Waals surface area contributed by atoms with Crippen LogP contribution in [0.5, 0.6) is 0 Å². The lowest BCUT2D eigenvalue weighted by Crippen LogP contribution is -2.40. The Morgan fingerprint density at radius 1 is 1.18 bits per heavy atom. The molecule has 1 N–H and O–H groups in total. The van der Waals surface area contributed by atoms with Crippen LogP contribution < -0.4 is 5.32 Å². The lowest BCUT2D eigenvalue weighted by molar-refractivity contribution is 0.0303. The van der Waals surface area contributed by atoms with E-state index in [1.54, 1.807) is 19.4 Å². The first-order valence-electron chi connectivity index (χ1n) is 7.25. The van der Waals surface area contributed by atoms with Gasteiger partial charge in [0.15, 0.2) is 0 Å². The number of nitrogens with one attached hydrogen (secondary N) is 1. The molecular formula is C16H18N4O2. The number of hydrogen-bond donors (Lipinski definition) is 1. The number of benzene rings is 1. The molecular weight excluding hydrogens is 280 g/mol. The van der Waals surface area contributed by atoms with E-state index < -0.39 is 0 Å². The van der Waals surface area contributed by atoms with E-state index in [2.05, 4.69) is 15.3 Å². The van der Waals surface area contributed by atoms with Crippen molar-refractivity contribution in [3.05, 3.63) is 42.2 Å². The minimum Gasteiger partial charge on any atom is -0.378 e. The monoisotopic (exact) mass is 298 g/mol. The molecule has 6 heteroatoms. The highest BCUT2D eigenvalue weighted by molar-refractivity contribution is 5.94. The van der Waals surface area contributed by atoms with Crippen molar-refractivity contribution in [1.29, 1.82) is 0 Å². The minimum atomic E-state index is 0.0462. The van der Waals surface area contributed by atoms with Crippen LogP contribution in [0, 0.1) is 0 Å². The maximum atomic E-state index is 12.4. The van der Waals surface area contributed by atoms with E-state index >= 15 is 0 Å². The molecule has 0 saturated carbocycles. The Kier molecular flexibility index (Phi) is 4.29. The fourth-order valence-corrected chi connectivity index (χ4v) is 2.36. The number of carbonyl (C=O) groups excluding carboxylic acids is 1. The Labute approximate surface area is 129 Å². The van der Waals surface area contributed by atoms with E-state index in [9.17, 15) is 4.79 Å². The molecule has 2 heterocycles. The molecule has 6 nitrogen and oxygen atoms in total. The molecule has 2 aromatic rings. The third-order valence-corrected chi connectivity index (χ3v) is 3.62. The van der Waals surface area contributed by atoms with Crippen molar-refractivity contribution < 1.29 is 9.53 Å². The van der Waals surface area contributed by atoms with Crippen LogP contribution >= 0.6 is 0 Å². The van der Waals surface area contributed by atoms with Crippen molar-refractivity contribution in [3.8, 4) is 11.3 Å². The van der Waals surface area contributed by atoms with E-state index in [-0.39, 0.29) is 5.91 Å². The molecule has 1 aromatic heterocycles. The maximum absolute atomic E-state index is 12.4. The smallest absolute Gasteiger partial charge is 0.254 e. The second-order valence-electron chi connectivity index (χ2n) is 5.02. The van der Waals surface area contributed by atoms with Crippen LogP contribution in [0.1, 0.15) is 10.4 Å². The van der Waals surface area contributed by atoms with Crippen LogP contribution in [-0.2, 0) is 4.74 Å². The number of morpholine rings is 1. The van der Waals surface area contributed by atoms with Gasteiger partial charge in [-0.2, -0.15) is 0 Å². The molecule has 0 atom stereocenters. The summed E-state index contributed by atoms with van der Waals surface area (Å²) in [4.78, 5) is 22.8. The summed E-state index contributed by atoms with van der Waals surface area (Å²) in [5.74, 6) is 0.760. The van der Waals surface area contributed by atoms with Gasteiger partial charge >= 0.3 is 0 Å². The van der Waals surface area contributed by atoms with Crippen molar-refractivity contribution in [2.24, 2.45) is 0 Å². The molecule has 114 valence electrons. The summed E-state index contributed by atoms with van der Waals surface area (Å²) in [6.45, 7) is 2.51. The fraction of sp³-hybridized carbons (Fsp3) is 0.312. The lowest BCUT2D eigenvalue weighted by atomic mass is 10.1. The highest BCUT2D eigenvalue weighted by atomic mass is 16.5. The molecule has 1 saturated heterocycles. The van der Waals surface area contributed by atoms with Gasteiger partial charge in [-0.1, -0.05) is 12.1 Å². The van der Waals surface area contributed by atoms with Gasteiger partial charge in [0.2, 0.25) is 0 Å². The second kappa shape index (κ2) is 6.53. The van der Waals surface area contributed by atoms with Gasteiger partial charge in [-0.3, -0.25) is 9.78 Å². The molecule has 1 aromatic carbocycles. The van der Waals surface area contributed by atoms with Crippen molar-refractivity contribution in [3.63, 3.8) is 0 Å². The highest BCUT2D eigenvalue weighted by Gasteiger charge is 2.18. The predicted molar refractivity (Wildman–Crippen MR) is 83.7 cm³/mol. The van der Waals surface area contributed by atoms with Crippen molar-refractivity contribution in [2.45, 2.75) is 0 Å². The number of anilines is 1. The molecule has 0 bridgehead atoms. The molecule has 0 aliphatic carbocycles. The summed E-state index contributed by atoms with van der Waals surface area (Å²) in [6.07, 6.45) is 3.37. The summed E-state index contributed by atoms with van der Waals surface area (Å²) in [6, 6.07) is 7.47. The average Bonchev–Trinajstić information content (AvgIpc) is 2.62. The van der Waals surface area contributed by atoms with Gasteiger partial charge in [-0.15, -0.1) is 0 Å². The van der Waals surface area contributed by atoms with Gasteiger partial charge in [0.25, 0.3) is 5.91 Å². The zero-order chi connectivity index (χ0) is 15.4. The SMILES string of the molecule is CNc1cncc(-c2ccc(C(=O)N3CCOCC3)cc2)n1. The summed E-state index contributed by atoms with van der Waals surface area (Å²) < 4.78 is 5.27. The first-order valence-corrected chi connectivity index (χ1v) is 7.25. The lowest BCUT2D eigenvalue weighted by Gasteiger charge is -2.26. The first-order chi connectivity index (χ1) is 10.8. The molecule has 22 heavy (non-hydrogen) atoms. The van der Waals surface area contributed by atoms with E-state index in [0.29, 0.717) is 37.7 Å². The molecule has 1 fully saturated rings. The molecule has 3 rings (SSSR count). The third-order valence-electron chi connectivity index (χ3n) is 3.62. The van der Waals surface area contributed by atoms with Crippen LogP contribution in [0.25, 0.3) is 11.3 Å². The number of nitrogens with zero attached hydrogens (tertiary/aromatic N) is 3. The number of aromatic nitrogens is 2. The topological polar surface area (TPSA) is 67.4 Å². The Hall–Kier alpha value is -2.47. The summed E-state index contributed by atoms with van der Waals surface area (Å²) >= 11 is 0. The molecule has 0 radical (unpaired) electrons. The highest BCUT2D eigenvalue weighted by Crippen LogP contribution is 2.19. The Balaban J connectivity index is 1.78. The largest absolute Gasteiger partial charge is 0.378 e. The summed E-state index contributed by atoms with van der Waals surface area (Å²) in [5.41, 5.74) is 2.39. The quantitative estimate of drug-likeness (QED) is 0.933. The zero-order valence-electron chi connectivity index (χ0n) is 12.5. The van der Waals surface area contributed by atoms with Gasteiger partial charge in [0.1, 0.15) is 5.82 Å². The third kappa shape index (κ3) is 3.07. The van der Waals surface area contributed by atoms with Crippen molar-refractivity contribution in [2.75, 3.05) is 38.7 Å². The van der Waals surface area contributed by atoms with E-state index in [1.807, 2.05) is 29.2 Å². The number of amides is 1. The van der Waals surface area contributed by atoms with E-state index in [1.165, 1.54) is 0 Å². The number of hydrogen-bond acceptors (Lipinski definition) is 5. The van der Waals surface area contributed by atoms with E-state index in [4.69, 9.17) is 4.74 Å². The van der Waals surface area contributed by atoms with Crippen molar-refractivity contribution in [1.82, 2.24) is 14.9 Å².